The molecule has 4 heteroatoms. The number of rotatable bonds is 3. The Morgan fingerprint density at radius 1 is 1.57 bits per heavy atom. The molecule has 1 aliphatic heterocycles. The van der Waals surface area contributed by atoms with Crippen LogP contribution in [0.4, 0.5) is 6.01 Å². The highest BCUT2D eigenvalue weighted by Crippen LogP contribution is 2.48. The minimum atomic E-state index is 0.739. The molecule has 4 nitrogen and oxygen atoms in total. The van der Waals surface area contributed by atoms with E-state index in [4.69, 9.17) is 4.42 Å². The molecule has 1 aromatic heterocycles. The summed E-state index contributed by atoms with van der Waals surface area (Å²) < 4.78 is 5.25. The third-order valence-electron chi connectivity index (χ3n) is 3.50. The zero-order valence-corrected chi connectivity index (χ0v) is 8.31. The Kier molecular flexibility index (Phi) is 1.77. The average molecular weight is 193 g/mol. The molecule has 0 radical (unpaired) electrons. The van der Waals surface area contributed by atoms with Gasteiger partial charge in [0.2, 0.25) is 0 Å². The van der Waals surface area contributed by atoms with Crippen molar-refractivity contribution in [2.75, 3.05) is 31.6 Å². The summed E-state index contributed by atoms with van der Waals surface area (Å²) in [6.07, 6.45) is 3.32. The van der Waals surface area contributed by atoms with Crippen LogP contribution in [0.2, 0.25) is 0 Å². The number of oxazole rings is 1. The second-order valence-corrected chi connectivity index (χ2v) is 4.35. The first-order valence-electron chi connectivity index (χ1n) is 5.17. The van der Waals surface area contributed by atoms with Crippen LogP contribution in [0.15, 0.2) is 16.9 Å². The second-order valence-electron chi connectivity index (χ2n) is 4.35. The third kappa shape index (κ3) is 1.21. The highest BCUT2D eigenvalue weighted by molar-refractivity contribution is 5.24. The van der Waals surface area contributed by atoms with Crippen LogP contribution < -0.4 is 10.2 Å². The van der Waals surface area contributed by atoms with E-state index in [1.165, 1.54) is 13.1 Å². The lowest BCUT2D eigenvalue weighted by molar-refractivity contribution is 0.522. The lowest BCUT2D eigenvalue weighted by Gasteiger charge is -2.15. The molecule has 1 N–H and O–H groups in total. The molecule has 76 valence electrons. The number of nitrogens with zero attached hydrogens (tertiary/aromatic N) is 2. The molecule has 1 saturated carbocycles. The van der Waals surface area contributed by atoms with Gasteiger partial charge in [-0.1, -0.05) is 0 Å². The second kappa shape index (κ2) is 2.98. The van der Waals surface area contributed by atoms with Gasteiger partial charge in [0.05, 0.1) is 6.20 Å². The summed E-state index contributed by atoms with van der Waals surface area (Å²) in [7, 11) is 2.05. The van der Waals surface area contributed by atoms with Crippen molar-refractivity contribution in [1.82, 2.24) is 10.3 Å². The summed E-state index contributed by atoms with van der Waals surface area (Å²) in [5.41, 5.74) is 0. The molecule has 1 saturated heterocycles. The van der Waals surface area contributed by atoms with E-state index in [0.717, 1.165) is 30.3 Å². The molecule has 0 aromatic carbocycles. The van der Waals surface area contributed by atoms with Gasteiger partial charge in [-0.15, -0.1) is 0 Å². The summed E-state index contributed by atoms with van der Waals surface area (Å²) in [5.74, 6) is 2.67. The van der Waals surface area contributed by atoms with Crippen molar-refractivity contribution >= 4 is 6.01 Å². The number of nitrogens with one attached hydrogen (secondary N) is 1. The lowest BCUT2D eigenvalue weighted by atomic mass is 10.3. The number of hydrogen-bond donors (Lipinski definition) is 1. The van der Waals surface area contributed by atoms with Crippen molar-refractivity contribution < 1.29 is 4.42 Å². The number of hydrogen-bond acceptors (Lipinski definition) is 4. The molecule has 3 rings (SSSR count). The highest BCUT2D eigenvalue weighted by Gasteiger charge is 2.52. The first kappa shape index (κ1) is 8.29. The molecule has 1 aromatic rings. The van der Waals surface area contributed by atoms with Gasteiger partial charge in [-0.05, 0) is 30.8 Å². The van der Waals surface area contributed by atoms with E-state index in [0.29, 0.717) is 0 Å². The fourth-order valence-electron chi connectivity index (χ4n) is 2.62. The molecule has 14 heavy (non-hydrogen) atoms. The molecule has 2 unspecified atom stereocenters. The molecular formula is C10H15N3O. The van der Waals surface area contributed by atoms with Crippen LogP contribution in [0.1, 0.15) is 0 Å². The van der Waals surface area contributed by atoms with Crippen molar-refractivity contribution in [2.24, 2.45) is 17.8 Å². The minimum Gasteiger partial charge on any atom is -0.432 e. The van der Waals surface area contributed by atoms with Gasteiger partial charge in [-0.2, -0.15) is 0 Å². The quantitative estimate of drug-likeness (QED) is 0.762. The van der Waals surface area contributed by atoms with Crippen LogP contribution in [0.3, 0.4) is 0 Å². The van der Waals surface area contributed by atoms with Gasteiger partial charge in [-0.25, -0.2) is 4.98 Å². The normalized spacial score (nSPS) is 34.2. The molecule has 0 spiro atoms. The predicted molar refractivity (Wildman–Crippen MR) is 53.1 cm³/mol. The lowest BCUT2D eigenvalue weighted by Crippen LogP contribution is -2.25. The number of piperidine rings is 1. The Labute approximate surface area is 83.3 Å². The van der Waals surface area contributed by atoms with Gasteiger partial charge < -0.3 is 14.6 Å². The molecule has 2 fully saturated rings. The number of fused-ring (bicyclic) bond motifs is 1. The zero-order valence-electron chi connectivity index (χ0n) is 8.31. The van der Waals surface area contributed by atoms with Gasteiger partial charge in [0.15, 0.2) is 0 Å². The van der Waals surface area contributed by atoms with Gasteiger partial charge in [0.25, 0.3) is 6.01 Å². The van der Waals surface area contributed by atoms with E-state index in [2.05, 4.69) is 15.2 Å². The predicted octanol–water partition coefficient (Wildman–Crippen LogP) is 0.576. The maximum absolute atomic E-state index is 5.25. The Hall–Kier alpha value is -1.03. The molecule has 2 atom stereocenters. The summed E-state index contributed by atoms with van der Waals surface area (Å²) in [4.78, 5) is 6.25. The van der Waals surface area contributed by atoms with E-state index in [-0.39, 0.29) is 0 Å². The highest BCUT2D eigenvalue weighted by atomic mass is 16.4. The molecule has 2 heterocycles. The van der Waals surface area contributed by atoms with Crippen LogP contribution in [0.25, 0.3) is 0 Å². The van der Waals surface area contributed by atoms with E-state index < -0.39 is 0 Å². The first-order valence-corrected chi connectivity index (χ1v) is 5.17. The standard InChI is InChI=1S/C10H15N3O/c1-13(10-12-2-3-14-10)6-9-7-4-11-5-8(7)9/h2-3,7-9,11H,4-6H2,1H3. The van der Waals surface area contributed by atoms with Crippen LogP contribution in [0.5, 0.6) is 0 Å². The van der Waals surface area contributed by atoms with Crippen molar-refractivity contribution in [1.29, 1.82) is 0 Å². The van der Waals surface area contributed by atoms with Gasteiger partial charge in [0, 0.05) is 13.6 Å². The Balaban J connectivity index is 1.59. The molecular weight excluding hydrogens is 178 g/mol. The summed E-state index contributed by atoms with van der Waals surface area (Å²) in [5, 5.41) is 3.40. The van der Waals surface area contributed by atoms with Crippen molar-refractivity contribution in [3.63, 3.8) is 0 Å². The first-order chi connectivity index (χ1) is 6.86. The SMILES string of the molecule is CN(CC1C2CNCC21)c1ncco1. The van der Waals surface area contributed by atoms with Crippen molar-refractivity contribution in [3.05, 3.63) is 12.5 Å². The van der Waals surface area contributed by atoms with Crippen LogP contribution in [0, 0.1) is 17.8 Å². The van der Waals surface area contributed by atoms with E-state index in [1.54, 1.807) is 12.5 Å². The third-order valence-corrected chi connectivity index (χ3v) is 3.50. The summed E-state index contributed by atoms with van der Waals surface area (Å²) in [6.45, 7) is 3.49. The smallest absolute Gasteiger partial charge is 0.296 e. The maximum Gasteiger partial charge on any atom is 0.296 e. The Morgan fingerprint density at radius 3 is 3.00 bits per heavy atom. The monoisotopic (exact) mass is 193 g/mol. The topological polar surface area (TPSA) is 41.3 Å². The fourth-order valence-corrected chi connectivity index (χ4v) is 2.62. The van der Waals surface area contributed by atoms with Crippen LogP contribution >= 0.6 is 0 Å². The minimum absolute atomic E-state index is 0.739. The van der Waals surface area contributed by atoms with Crippen molar-refractivity contribution in [2.45, 2.75) is 0 Å². The number of anilines is 1. The molecule has 0 amide bonds. The number of aromatic nitrogens is 1. The van der Waals surface area contributed by atoms with Gasteiger partial charge in [-0.3, -0.25) is 0 Å². The average Bonchev–Trinajstić information content (AvgIpc) is 2.75. The van der Waals surface area contributed by atoms with Gasteiger partial charge >= 0.3 is 0 Å². The van der Waals surface area contributed by atoms with Gasteiger partial charge in [0.1, 0.15) is 6.26 Å². The molecule has 0 bridgehead atoms. The maximum atomic E-state index is 5.25. The van der Waals surface area contributed by atoms with E-state index >= 15 is 0 Å². The Morgan fingerprint density at radius 2 is 2.36 bits per heavy atom. The summed E-state index contributed by atoms with van der Waals surface area (Å²) >= 11 is 0. The van der Waals surface area contributed by atoms with Crippen molar-refractivity contribution in [3.8, 4) is 0 Å². The summed E-state index contributed by atoms with van der Waals surface area (Å²) in [6, 6.07) is 0.739. The largest absolute Gasteiger partial charge is 0.432 e. The van der Waals surface area contributed by atoms with E-state index in [9.17, 15) is 0 Å². The van der Waals surface area contributed by atoms with Crippen LogP contribution in [-0.2, 0) is 0 Å². The zero-order chi connectivity index (χ0) is 9.54. The molecule has 1 aliphatic carbocycles. The van der Waals surface area contributed by atoms with Crippen LogP contribution in [-0.4, -0.2) is 31.7 Å². The fraction of sp³-hybridized carbons (Fsp3) is 0.700. The molecule has 2 aliphatic rings. The van der Waals surface area contributed by atoms with E-state index in [1.807, 2.05) is 7.05 Å². The Bertz CT molecular complexity index is 301.